The van der Waals surface area contributed by atoms with Gasteiger partial charge in [0.05, 0.1) is 11.7 Å². The first kappa shape index (κ1) is 12.4. The molecule has 18 heavy (non-hydrogen) atoms. The SMILES string of the molecule is CCC(Nc1ccccc1F)c1ccccc1O. The Balaban J connectivity index is 2.26. The summed E-state index contributed by atoms with van der Waals surface area (Å²) < 4.78 is 13.6. The number of aromatic hydroxyl groups is 1. The van der Waals surface area contributed by atoms with Crippen LogP contribution in [-0.4, -0.2) is 5.11 Å². The number of hydrogen-bond donors (Lipinski definition) is 2. The first-order chi connectivity index (χ1) is 8.72. The standard InChI is InChI=1S/C15H16FNO/c1-2-13(11-7-3-6-10-15(11)18)17-14-9-5-4-8-12(14)16/h3-10,13,17-18H,2H2,1H3. The van der Waals surface area contributed by atoms with Crippen LogP contribution in [0.3, 0.4) is 0 Å². The van der Waals surface area contributed by atoms with Crippen molar-refractivity contribution in [2.75, 3.05) is 5.32 Å². The average Bonchev–Trinajstić information content (AvgIpc) is 2.39. The van der Waals surface area contributed by atoms with Gasteiger partial charge in [-0.05, 0) is 24.6 Å². The number of phenolic OH excluding ortho intramolecular Hbond substituents is 1. The van der Waals surface area contributed by atoms with Crippen LogP contribution in [0, 0.1) is 5.82 Å². The summed E-state index contributed by atoms with van der Waals surface area (Å²) >= 11 is 0. The van der Waals surface area contributed by atoms with Crippen molar-refractivity contribution < 1.29 is 9.50 Å². The van der Waals surface area contributed by atoms with Crippen molar-refractivity contribution in [2.45, 2.75) is 19.4 Å². The van der Waals surface area contributed by atoms with Crippen LogP contribution in [0.15, 0.2) is 48.5 Å². The van der Waals surface area contributed by atoms with Gasteiger partial charge in [-0.3, -0.25) is 0 Å². The molecule has 0 amide bonds. The largest absolute Gasteiger partial charge is 0.508 e. The zero-order chi connectivity index (χ0) is 13.0. The minimum atomic E-state index is -0.286. The molecule has 0 saturated carbocycles. The molecule has 0 fully saturated rings. The summed E-state index contributed by atoms with van der Waals surface area (Å²) in [6.45, 7) is 1.99. The molecule has 0 aliphatic carbocycles. The highest BCUT2D eigenvalue weighted by Gasteiger charge is 2.14. The van der Waals surface area contributed by atoms with Crippen LogP contribution < -0.4 is 5.32 Å². The first-order valence-electron chi connectivity index (χ1n) is 6.01. The van der Waals surface area contributed by atoms with Gasteiger partial charge in [-0.2, -0.15) is 0 Å². The van der Waals surface area contributed by atoms with Crippen LogP contribution in [-0.2, 0) is 0 Å². The quantitative estimate of drug-likeness (QED) is 0.850. The van der Waals surface area contributed by atoms with E-state index >= 15 is 0 Å². The fraction of sp³-hybridized carbons (Fsp3) is 0.200. The van der Waals surface area contributed by atoms with E-state index in [1.54, 1.807) is 30.3 Å². The van der Waals surface area contributed by atoms with Crippen LogP contribution >= 0.6 is 0 Å². The highest BCUT2D eigenvalue weighted by atomic mass is 19.1. The van der Waals surface area contributed by atoms with E-state index in [4.69, 9.17) is 0 Å². The van der Waals surface area contributed by atoms with E-state index in [-0.39, 0.29) is 17.6 Å². The van der Waals surface area contributed by atoms with Crippen LogP contribution in [0.4, 0.5) is 10.1 Å². The smallest absolute Gasteiger partial charge is 0.146 e. The molecule has 0 radical (unpaired) electrons. The van der Waals surface area contributed by atoms with Gasteiger partial charge in [0.25, 0.3) is 0 Å². The van der Waals surface area contributed by atoms with Gasteiger partial charge in [-0.25, -0.2) is 4.39 Å². The van der Waals surface area contributed by atoms with E-state index in [0.29, 0.717) is 5.69 Å². The number of phenols is 1. The van der Waals surface area contributed by atoms with Crippen molar-refractivity contribution >= 4 is 5.69 Å². The highest BCUT2D eigenvalue weighted by Crippen LogP contribution is 2.29. The molecule has 0 aromatic heterocycles. The van der Waals surface area contributed by atoms with E-state index < -0.39 is 0 Å². The predicted octanol–water partition coefficient (Wildman–Crippen LogP) is 4.09. The second kappa shape index (κ2) is 5.54. The maximum absolute atomic E-state index is 13.6. The fourth-order valence-electron chi connectivity index (χ4n) is 1.95. The fourth-order valence-corrected chi connectivity index (χ4v) is 1.95. The summed E-state index contributed by atoms with van der Waals surface area (Å²) in [5, 5.41) is 12.9. The Bertz CT molecular complexity index is 527. The Morgan fingerprint density at radius 1 is 1.11 bits per heavy atom. The zero-order valence-corrected chi connectivity index (χ0v) is 10.2. The molecule has 2 rings (SSSR count). The number of nitrogens with one attached hydrogen (secondary N) is 1. The van der Waals surface area contributed by atoms with Gasteiger partial charge in [-0.15, -0.1) is 0 Å². The van der Waals surface area contributed by atoms with Gasteiger partial charge in [0.15, 0.2) is 0 Å². The molecule has 2 N–H and O–H groups in total. The van der Waals surface area contributed by atoms with Crippen molar-refractivity contribution in [1.29, 1.82) is 0 Å². The third kappa shape index (κ3) is 2.62. The molecule has 1 atom stereocenters. The van der Waals surface area contributed by atoms with Crippen molar-refractivity contribution in [3.8, 4) is 5.75 Å². The van der Waals surface area contributed by atoms with Gasteiger partial charge in [0, 0.05) is 5.56 Å². The highest BCUT2D eigenvalue weighted by molar-refractivity contribution is 5.48. The molecule has 1 unspecified atom stereocenters. The lowest BCUT2D eigenvalue weighted by Crippen LogP contribution is -2.10. The Kier molecular flexibility index (Phi) is 3.82. The molecule has 2 nitrogen and oxygen atoms in total. The minimum absolute atomic E-state index is 0.108. The molecular formula is C15H16FNO. The van der Waals surface area contributed by atoms with E-state index in [0.717, 1.165) is 12.0 Å². The average molecular weight is 245 g/mol. The lowest BCUT2D eigenvalue weighted by Gasteiger charge is -2.20. The summed E-state index contributed by atoms with van der Waals surface area (Å²) in [5.74, 6) is -0.0560. The molecule has 0 bridgehead atoms. The van der Waals surface area contributed by atoms with Crippen LogP contribution in [0.1, 0.15) is 24.9 Å². The number of benzene rings is 2. The summed E-state index contributed by atoms with van der Waals surface area (Å²) in [7, 11) is 0. The van der Waals surface area contributed by atoms with Gasteiger partial charge < -0.3 is 10.4 Å². The van der Waals surface area contributed by atoms with Crippen LogP contribution in [0.5, 0.6) is 5.75 Å². The topological polar surface area (TPSA) is 32.3 Å². The molecule has 0 spiro atoms. The van der Waals surface area contributed by atoms with Crippen LogP contribution in [0.25, 0.3) is 0 Å². The second-order valence-electron chi connectivity index (χ2n) is 4.14. The maximum Gasteiger partial charge on any atom is 0.146 e. The minimum Gasteiger partial charge on any atom is -0.508 e. The van der Waals surface area contributed by atoms with E-state index in [9.17, 15) is 9.50 Å². The number of rotatable bonds is 4. The van der Waals surface area contributed by atoms with Gasteiger partial charge in [0.1, 0.15) is 11.6 Å². The summed E-state index contributed by atoms with van der Waals surface area (Å²) in [6.07, 6.45) is 0.756. The first-order valence-corrected chi connectivity index (χ1v) is 6.01. The molecule has 94 valence electrons. The molecule has 2 aromatic rings. The third-order valence-corrected chi connectivity index (χ3v) is 2.92. The number of para-hydroxylation sites is 2. The van der Waals surface area contributed by atoms with Crippen LogP contribution in [0.2, 0.25) is 0 Å². The second-order valence-corrected chi connectivity index (χ2v) is 4.14. The normalized spacial score (nSPS) is 12.1. The Hall–Kier alpha value is -2.03. The maximum atomic E-state index is 13.6. The van der Waals surface area contributed by atoms with Gasteiger partial charge in [0.2, 0.25) is 0 Å². The van der Waals surface area contributed by atoms with E-state index in [1.807, 2.05) is 19.1 Å². The number of anilines is 1. The molecule has 0 heterocycles. The van der Waals surface area contributed by atoms with Gasteiger partial charge in [-0.1, -0.05) is 37.3 Å². The monoisotopic (exact) mass is 245 g/mol. The summed E-state index contributed by atoms with van der Waals surface area (Å²) in [6, 6.07) is 13.6. The molecule has 0 aliphatic rings. The molecule has 2 aromatic carbocycles. The molecule has 0 aliphatic heterocycles. The zero-order valence-electron chi connectivity index (χ0n) is 10.2. The lowest BCUT2D eigenvalue weighted by atomic mass is 10.0. The van der Waals surface area contributed by atoms with Crippen molar-refractivity contribution in [3.63, 3.8) is 0 Å². The molecule has 3 heteroatoms. The Morgan fingerprint density at radius 2 is 1.78 bits per heavy atom. The Labute approximate surface area is 106 Å². The molecular weight excluding hydrogens is 229 g/mol. The summed E-state index contributed by atoms with van der Waals surface area (Å²) in [5.41, 5.74) is 1.23. The third-order valence-electron chi connectivity index (χ3n) is 2.92. The summed E-state index contributed by atoms with van der Waals surface area (Å²) in [4.78, 5) is 0. The Morgan fingerprint density at radius 3 is 2.44 bits per heavy atom. The number of halogens is 1. The lowest BCUT2D eigenvalue weighted by molar-refractivity contribution is 0.462. The van der Waals surface area contributed by atoms with E-state index in [1.165, 1.54) is 6.07 Å². The molecule has 0 saturated heterocycles. The number of hydrogen-bond acceptors (Lipinski definition) is 2. The van der Waals surface area contributed by atoms with Crippen molar-refractivity contribution in [1.82, 2.24) is 0 Å². The van der Waals surface area contributed by atoms with Gasteiger partial charge >= 0.3 is 0 Å². The van der Waals surface area contributed by atoms with Crippen molar-refractivity contribution in [3.05, 3.63) is 59.9 Å². The van der Waals surface area contributed by atoms with Crippen molar-refractivity contribution in [2.24, 2.45) is 0 Å². The van der Waals surface area contributed by atoms with E-state index in [2.05, 4.69) is 5.32 Å². The predicted molar refractivity (Wildman–Crippen MR) is 71.2 cm³/mol.